The summed E-state index contributed by atoms with van der Waals surface area (Å²) in [7, 11) is 0. The molecular weight excluding hydrogens is 359 g/mol. The van der Waals surface area contributed by atoms with Gasteiger partial charge in [0.25, 0.3) is 5.91 Å². The summed E-state index contributed by atoms with van der Waals surface area (Å²) in [5, 5.41) is 2.85. The van der Waals surface area contributed by atoms with Gasteiger partial charge in [-0.1, -0.05) is 23.8 Å². The number of benzene rings is 2. The van der Waals surface area contributed by atoms with Gasteiger partial charge < -0.3 is 15.0 Å². The first-order valence-electron chi connectivity index (χ1n) is 9.55. The molecule has 2 amide bonds. The Bertz CT molecular complexity index is 823. The van der Waals surface area contributed by atoms with Crippen LogP contribution in [0.1, 0.15) is 28.8 Å². The van der Waals surface area contributed by atoms with Crippen molar-refractivity contribution in [2.24, 2.45) is 5.92 Å². The zero-order valence-corrected chi connectivity index (χ0v) is 16.0. The molecule has 0 aliphatic carbocycles. The molecule has 1 saturated heterocycles. The van der Waals surface area contributed by atoms with E-state index in [0.29, 0.717) is 30.9 Å². The first kappa shape index (κ1) is 19.9. The van der Waals surface area contributed by atoms with E-state index in [1.807, 2.05) is 31.2 Å². The minimum absolute atomic E-state index is 0.0352. The van der Waals surface area contributed by atoms with Crippen LogP contribution >= 0.6 is 0 Å². The summed E-state index contributed by atoms with van der Waals surface area (Å²) in [6.45, 7) is 3.65. The van der Waals surface area contributed by atoms with Gasteiger partial charge in [0, 0.05) is 24.7 Å². The summed E-state index contributed by atoms with van der Waals surface area (Å²) in [5.41, 5.74) is 1.75. The SMILES string of the molecule is Cc1ccc(C(=O)N2CCCC(C(=O)NCCOc3cccc(F)c3)C2)cc1. The predicted molar refractivity (Wildman–Crippen MR) is 105 cm³/mol. The number of ether oxygens (including phenoxy) is 1. The van der Waals surface area contributed by atoms with Crippen molar-refractivity contribution in [2.75, 3.05) is 26.2 Å². The van der Waals surface area contributed by atoms with Crippen LogP contribution in [-0.2, 0) is 4.79 Å². The molecule has 1 unspecified atom stereocenters. The molecule has 0 radical (unpaired) electrons. The minimum atomic E-state index is -0.359. The van der Waals surface area contributed by atoms with E-state index in [1.54, 1.807) is 17.0 Å². The topological polar surface area (TPSA) is 58.6 Å². The van der Waals surface area contributed by atoms with Crippen molar-refractivity contribution >= 4 is 11.8 Å². The van der Waals surface area contributed by atoms with E-state index in [9.17, 15) is 14.0 Å². The summed E-state index contributed by atoms with van der Waals surface area (Å²) in [5.74, 6) is -0.266. The first-order chi connectivity index (χ1) is 13.5. The van der Waals surface area contributed by atoms with Crippen molar-refractivity contribution in [1.29, 1.82) is 0 Å². The van der Waals surface area contributed by atoms with Gasteiger partial charge in [0.15, 0.2) is 0 Å². The summed E-state index contributed by atoms with van der Waals surface area (Å²) in [4.78, 5) is 26.9. The lowest BCUT2D eigenvalue weighted by atomic mass is 9.96. The number of amides is 2. The number of piperidine rings is 1. The number of carbonyl (C=O) groups is 2. The van der Waals surface area contributed by atoms with Gasteiger partial charge in [0.2, 0.25) is 5.91 Å². The molecule has 2 aromatic carbocycles. The molecule has 28 heavy (non-hydrogen) atoms. The molecule has 0 saturated carbocycles. The number of likely N-dealkylation sites (tertiary alicyclic amines) is 1. The summed E-state index contributed by atoms with van der Waals surface area (Å²) < 4.78 is 18.5. The van der Waals surface area contributed by atoms with Crippen LogP contribution < -0.4 is 10.1 Å². The van der Waals surface area contributed by atoms with Crippen molar-refractivity contribution in [3.63, 3.8) is 0 Å². The first-order valence-corrected chi connectivity index (χ1v) is 9.55. The van der Waals surface area contributed by atoms with E-state index >= 15 is 0 Å². The Hall–Kier alpha value is -2.89. The van der Waals surface area contributed by atoms with Crippen LogP contribution in [0.3, 0.4) is 0 Å². The molecule has 1 N–H and O–H groups in total. The van der Waals surface area contributed by atoms with Gasteiger partial charge >= 0.3 is 0 Å². The maximum atomic E-state index is 13.1. The number of nitrogens with one attached hydrogen (secondary N) is 1. The van der Waals surface area contributed by atoms with Gasteiger partial charge in [-0.25, -0.2) is 4.39 Å². The molecule has 1 aliphatic heterocycles. The molecule has 1 aliphatic rings. The summed E-state index contributed by atoms with van der Waals surface area (Å²) in [6.07, 6.45) is 1.56. The third kappa shape index (κ3) is 5.31. The second kappa shape index (κ2) is 9.35. The number of nitrogens with zero attached hydrogens (tertiary/aromatic N) is 1. The van der Waals surface area contributed by atoms with Crippen LogP contribution in [0.4, 0.5) is 4.39 Å². The highest BCUT2D eigenvalue weighted by molar-refractivity contribution is 5.94. The molecule has 6 heteroatoms. The molecule has 3 rings (SSSR count). The number of hydrogen-bond acceptors (Lipinski definition) is 3. The van der Waals surface area contributed by atoms with Crippen LogP contribution in [0.25, 0.3) is 0 Å². The highest BCUT2D eigenvalue weighted by Crippen LogP contribution is 2.19. The highest BCUT2D eigenvalue weighted by Gasteiger charge is 2.28. The third-order valence-corrected chi connectivity index (χ3v) is 4.84. The summed E-state index contributed by atoms with van der Waals surface area (Å²) >= 11 is 0. The zero-order chi connectivity index (χ0) is 19.9. The molecule has 1 heterocycles. The van der Waals surface area contributed by atoms with Crippen LogP contribution in [0, 0.1) is 18.7 Å². The van der Waals surface area contributed by atoms with E-state index in [1.165, 1.54) is 12.1 Å². The van der Waals surface area contributed by atoms with Crippen molar-refractivity contribution in [2.45, 2.75) is 19.8 Å². The van der Waals surface area contributed by atoms with Crippen LogP contribution in [0.15, 0.2) is 48.5 Å². The number of carbonyl (C=O) groups excluding carboxylic acids is 2. The molecule has 0 aromatic heterocycles. The van der Waals surface area contributed by atoms with E-state index in [0.717, 1.165) is 18.4 Å². The Morgan fingerprint density at radius 3 is 2.75 bits per heavy atom. The van der Waals surface area contributed by atoms with E-state index in [4.69, 9.17) is 4.74 Å². The molecule has 0 bridgehead atoms. The van der Waals surface area contributed by atoms with Crippen molar-refractivity contribution < 1.29 is 18.7 Å². The van der Waals surface area contributed by atoms with Crippen molar-refractivity contribution in [3.8, 4) is 5.75 Å². The lowest BCUT2D eigenvalue weighted by Crippen LogP contribution is -2.46. The van der Waals surface area contributed by atoms with Crippen molar-refractivity contribution in [3.05, 3.63) is 65.5 Å². The predicted octanol–water partition coefficient (Wildman–Crippen LogP) is 3.18. The lowest BCUT2D eigenvalue weighted by molar-refractivity contribution is -0.126. The van der Waals surface area contributed by atoms with E-state index in [2.05, 4.69) is 5.32 Å². The number of aryl methyl sites for hydroxylation is 1. The normalized spacial score (nSPS) is 16.5. The van der Waals surface area contributed by atoms with Crippen molar-refractivity contribution in [1.82, 2.24) is 10.2 Å². The molecule has 2 aromatic rings. The molecule has 1 atom stereocenters. The quantitative estimate of drug-likeness (QED) is 0.779. The second-order valence-electron chi connectivity index (χ2n) is 7.05. The van der Waals surface area contributed by atoms with Gasteiger partial charge in [-0.3, -0.25) is 9.59 Å². The molecule has 5 nitrogen and oxygen atoms in total. The zero-order valence-electron chi connectivity index (χ0n) is 16.0. The Labute approximate surface area is 164 Å². The largest absolute Gasteiger partial charge is 0.492 e. The van der Waals surface area contributed by atoms with E-state index in [-0.39, 0.29) is 30.2 Å². The fourth-order valence-electron chi connectivity index (χ4n) is 3.30. The fraction of sp³-hybridized carbons (Fsp3) is 0.364. The van der Waals surface area contributed by atoms with Gasteiger partial charge in [0.1, 0.15) is 18.2 Å². The van der Waals surface area contributed by atoms with E-state index < -0.39 is 0 Å². The van der Waals surface area contributed by atoms with Gasteiger partial charge in [-0.05, 0) is 44.0 Å². The molecular formula is C22H25FN2O3. The standard InChI is InChI=1S/C22H25FN2O3/c1-16-7-9-17(10-8-16)22(27)25-12-3-4-18(15-25)21(26)24-11-13-28-20-6-2-5-19(23)14-20/h2,5-10,14,18H,3-4,11-13,15H2,1H3,(H,24,26). The Morgan fingerprint density at radius 2 is 2.00 bits per heavy atom. The number of hydrogen-bond donors (Lipinski definition) is 1. The number of rotatable bonds is 6. The monoisotopic (exact) mass is 384 g/mol. The van der Waals surface area contributed by atoms with Gasteiger partial charge in [0.05, 0.1) is 12.5 Å². The molecule has 1 fully saturated rings. The van der Waals surface area contributed by atoms with Gasteiger partial charge in [-0.15, -0.1) is 0 Å². The van der Waals surface area contributed by atoms with Gasteiger partial charge in [-0.2, -0.15) is 0 Å². The van der Waals surface area contributed by atoms with Crippen LogP contribution in [0.5, 0.6) is 5.75 Å². The Kier molecular flexibility index (Phi) is 6.63. The highest BCUT2D eigenvalue weighted by atomic mass is 19.1. The Balaban J connectivity index is 1.46. The average Bonchev–Trinajstić information content (AvgIpc) is 2.71. The minimum Gasteiger partial charge on any atom is -0.492 e. The lowest BCUT2D eigenvalue weighted by Gasteiger charge is -2.32. The fourth-order valence-corrected chi connectivity index (χ4v) is 3.30. The maximum Gasteiger partial charge on any atom is 0.253 e. The second-order valence-corrected chi connectivity index (χ2v) is 7.05. The Morgan fingerprint density at radius 1 is 1.21 bits per heavy atom. The maximum absolute atomic E-state index is 13.1. The summed E-state index contributed by atoms with van der Waals surface area (Å²) in [6, 6.07) is 13.4. The molecule has 148 valence electrons. The smallest absolute Gasteiger partial charge is 0.253 e. The average molecular weight is 384 g/mol. The van der Waals surface area contributed by atoms with Crippen LogP contribution in [-0.4, -0.2) is 43.0 Å². The number of halogens is 1. The third-order valence-electron chi connectivity index (χ3n) is 4.84. The van der Waals surface area contributed by atoms with Crippen LogP contribution in [0.2, 0.25) is 0 Å². The molecule has 0 spiro atoms.